The third-order valence-corrected chi connectivity index (χ3v) is 3.86. The van der Waals surface area contributed by atoms with Crippen molar-refractivity contribution in [3.05, 3.63) is 24.0 Å². The van der Waals surface area contributed by atoms with Gasteiger partial charge < -0.3 is 15.5 Å². The normalized spacial score (nSPS) is 22.7. The zero-order chi connectivity index (χ0) is 15.0. The van der Waals surface area contributed by atoms with Crippen molar-refractivity contribution >= 4 is 16.7 Å². The van der Waals surface area contributed by atoms with Crippen LogP contribution in [-0.4, -0.2) is 46.2 Å². The van der Waals surface area contributed by atoms with Crippen LogP contribution in [0.4, 0.5) is 5.69 Å². The molecule has 0 amide bonds. The number of ether oxygens (including phenoxy) is 1. The average Bonchev–Trinajstić information content (AvgIpc) is 2.76. The molecule has 1 saturated heterocycles. The first-order valence-corrected chi connectivity index (χ1v) is 7.56. The first-order chi connectivity index (χ1) is 9.91. The van der Waals surface area contributed by atoms with Gasteiger partial charge in [0, 0.05) is 31.7 Å². The van der Waals surface area contributed by atoms with Gasteiger partial charge in [0.05, 0.1) is 22.7 Å². The molecule has 1 aromatic carbocycles. The summed E-state index contributed by atoms with van der Waals surface area (Å²) in [5.74, 6) is 1.02. The van der Waals surface area contributed by atoms with Gasteiger partial charge in [-0.05, 0) is 39.0 Å². The molecule has 1 unspecified atom stereocenters. The molecule has 1 aliphatic heterocycles. The van der Waals surface area contributed by atoms with E-state index in [2.05, 4.69) is 35.6 Å². The standard InChI is InChI=1S/C16H24N4O/c1-11-9-20(10-16(2,3)21-11)7-6-15-18-13-5-4-12(17)8-14(13)19-15/h4-5,8,11H,6-7,9-10,17H2,1-3H3,(H,18,19). The molecule has 0 radical (unpaired) electrons. The van der Waals surface area contributed by atoms with E-state index in [1.807, 2.05) is 18.2 Å². The molecule has 1 atom stereocenters. The van der Waals surface area contributed by atoms with Crippen LogP contribution in [0.5, 0.6) is 0 Å². The van der Waals surface area contributed by atoms with E-state index >= 15 is 0 Å². The Kier molecular flexibility index (Phi) is 3.63. The topological polar surface area (TPSA) is 67.2 Å². The molecule has 0 aliphatic carbocycles. The lowest BCUT2D eigenvalue weighted by atomic mass is 10.1. The highest BCUT2D eigenvalue weighted by Gasteiger charge is 2.30. The zero-order valence-corrected chi connectivity index (χ0v) is 13.0. The third kappa shape index (κ3) is 3.36. The lowest BCUT2D eigenvalue weighted by Gasteiger charge is -2.41. The van der Waals surface area contributed by atoms with E-state index in [-0.39, 0.29) is 11.7 Å². The van der Waals surface area contributed by atoms with Gasteiger partial charge in [-0.1, -0.05) is 0 Å². The van der Waals surface area contributed by atoms with E-state index in [9.17, 15) is 0 Å². The zero-order valence-electron chi connectivity index (χ0n) is 13.0. The van der Waals surface area contributed by atoms with Gasteiger partial charge in [0.2, 0.25) is 0 Å². The summed E-state index contributed by atoms with van der Waals surface area (Å²) in [6, 6.07) is 5.79. The number of benzene rings is 1. The predicted octanol–water partition coefficient (Wildman–Crippen LogP) is 2.19. The average molecular weight is 288 g/mol. The number of hydrogen-bond donors (Lipinski definition) is 2. The lowest BCUT2D eigenvalue weighted by Crippen LogP contribution is -2.52. The number of aromatic nitrogens is 2. The summed E-state index contributed by atoms with van der Waals surface area (Å²) in [5.41, 5.74) is 8.49. The molecule has 5 heteroatoms. The van der Waals surface area contributed by atoms with Crippen LogP contribution >= 0.6 is 0 Å². The smallest absolute Gasteiger partial charge is 0.108 e. The first-order valence-electron chi connectivity index (χ1n) is 7.56. The van der Waals surface area contributed by atoms with Crippen molar-refractivity contribution in [2.45, 2.75) is 38.9 Å². The van der Waals surface area contributed by atoms with Gasteiger partial charge in [0.15, 0.2) is 0 Å². The minimum atomic E-state index is -0.0694. The summed E-state index contributed by atoms with van der Waals surface area (Å²) in [6.45, 7) is 9.38. The Balaban J connectivity index is 1.66. The second-order valence-electron chi connectivity index (χ2n) is 6.63. The summed E-state index contributed by atoms with van der Waals surface area (Å²) in [5, 5.41) is 0. The largest absolute Gasteiger partial charge is 0.399 e. The van der Waals surface area contributed by atoms with E-state index in [0.29, 0.717) is 0 Å². The minimum absolute atomic E-state index is 0.0694. The number of rotatable bonds is 3. The third-order valence-electron chi connectivity index (χ3n) is 3.86. The van der Waals surface area contributed by atoms with Crippen LogP contribution in [0.25, 0.3) is 11.0 Å². The van der Waals surface area contributed by atoms with Crippen LogP contribution in [0.15, 0.2) is 18.2 Å². The summed E-state index contributed by atoms with van der Waals surface area (Å²) in [4.78, 5) is 10.4. The Hall–Kier alpha value is -1.59. The maximum Gasteiger partial charge on any atom is 0.108 e. The van der Waals surface area contributed by atoms with E-state index in [1.54, 1.807) is 0 Å². The van der Waals surface area contributed by atoms with E-state index in [0.717, 1.165) is 48.6 Å². The fraction of sp³-hybridized carbons (Fsp3) is 0.562. The number of hydrogen-bond acceptors (Lipinski definition) is 4. The Morgan fingerprint density at radius 2 is 2.29 bits per heavy atom. The fourth-order valence-corrected chi connectivity index (χ4v) is 3.22. The molecule has 3 rings (SSSR count). The van der Waals surface area contributed by atoms with Crippen LogP contribution in [0.2, 0.25) is 0 Å². The Bertz CT molecular complexity index is 634. The maximum absolute atomic E-state index is 5.94. The van der Waals surface area contributed by atoms with Crippen molar-refractivity contribution in [2.24, 2.45) is 0 Å². The van der Waals surface area contributed by atoms with Crippen molar-refractivity contribution < 1.29 is 4.74 Å². The number of imidazole rings is 1. The van der Waals surface area contributed by atoms with E-state index in [4.69, 9.17) is 10.5 Å². The molecule has 3 N–H and O–H groups in total. The van der Waals surface area contributed by atoms with Gasteiger partial charge in [-0.2, -0.15) is 0 Å². The number of nitrogen functional groups attached to an aromatic ring is 1. The summed E-state index contributed by atoms with van der Waals surface area (Å²) in [6.07, 6.45) is 1.20. The predicted molar refractivity (Wildman–Crippen MR) is 85.3 cm³/mol. The first kappa shape index (κ1) is 14.4. The molecule has 21 heavy (non-hydrogen) atoms. The number of nitrogens with one attached hydrogen (secondary N) is 1. The van der Waals surface area contributed by atoms with Crippen molar-refractivity contribution in [3.8, 4) is 0 Å². The molecule has 0 saturated carbocycles. The molecule has 1 aromatic heterocycles. The number of nitrogens with two attached hydrogens (primary N) is 1. The van der Waals surface area contributed by atoms with Crippen LogP contribution in [0.1, 0.15) is 26.6 Å². The fourth-order valence-electron chi connectivity index (χ4n) is 3.22. The van der Waals surface area contributed by atoms with E-state index < -0.39 is 0 Å². The van der Waals surface area contributed by atoms with Crippen LogP contribution in [0, 0.1) is 0 Å². The van der Waals surface area contributed by atoms with Crippen LogP contribution in [-0.2, 0) is 11.2 Å². The maximum atomic E-state index is 5.94. The highest BCUT2D eigenvalue weighted by Crippen LogP contribution is 2.21. The Labute approximate surface area is 125 Å². The number of nitrogens with zero attached hydrogens (tertiary/aromatic N) is 2. The molecule has 5 nitrogen and oxygen atoms in total. The van der Waals surface area contributed by atoms with Gasteiger partial charge in [-0.25, -0.2) is 4.98 Å². The lowest BCUT2D eigenvalue weighted by molar-refractivity contribution is -0.128. The van der Waals surface area contributed by atoms with Crippen molar-refractivity contribution in [2.75, 3.05) is 25.4 Å². The van der Waals surface area contributed by atoms with E-state index in [1.165, 1.54) is 0 Å². The van der Waals surface area contributed by atoms with Crippen molar-refractivity contribution in [1.82, 2.24) is 14.9 Å². The second kappa shape index (κ2) is 5.31. The monoisotopic (exact) mass is 288 g/mol. The van der Waals surface area contributed by atoms with Gasteiger partial charge in [0.1, 0.15) is 5.82 Å². The highest BCUT2D eigenvalue weighted by molar-refractivity contribution is 5.78. The molecule has 1 fully saturated rings. The summed E-state index contributed by atoms with van der Waals surface area (Å²) < 4.78 is 5.94. The van der Waals surface area contributed by atoms with Gasteiger partial charge in [0.25, 0.3) is 0 Å². The second-order valence-corrected chi connectivity index (χ2v) is 6.63. The van der Waals surface area contributed by atoms with Gasteiger partial charge in [-0.3, -0.25) is 4.90 Å². The number of anilines is 1. The molecular formula is C16H24N4O. The quantitative estimate of drug-likeness (QED) is 0.850. The van der Waals surface area contributed by atoms with Crippen LogP contribution in [0.3, 0.4) is 0 Å². The number of morpholine rings is 1. The number of H-pyrrole nitrogens is 1. The highest BCUT2D eigenvalue weighted by atomic mass is 16.5. The molecule has 2 heterocycles. The van der Waals surface area contributed by atoms with Crippen LogP contribution < -0.4 is 5.73 Å². The number of fused-ring (bicyclic) bond motifs is 1. The molecule has 2 aromatic rings. The van der Waals surface area contributed by atoms with Gasteiger partial charge in [-0.15, -0.1) is 0 Å². The minimum Gasteiger partial charge on any atom is -0.399 e. The molecular weight excluding hydrogens is 264 g/mol. The Morgan fingerprint density at radius 1 is 1.48 bits per heavy atom. The molecule has 0 bridgehead atoms. The summed E-state index contributed by atoms with van der Waals surface area (Å²) in [7, 11) is 0. The van der Waals surface area contributed by atoms with Crippen molar-refractivity contribution in [3.63, 3.8) is 0 Å². The molecule has 0 spiro atoms. The Morgan fingerprint density at radius 3 is 3.05 bits per heavy atom. The molecule has 1 aliphatic rings. The van der Waals surface area contributed by atoms with Crippen molar-refractivity contribution in [1.29, 1.82) is 0 Å². The van der Waals surface area contributed by atoms with Gasteiger partial charge >= 0.3 is 0 Å². The SMILES string of the molecule is CC1CN(CCc2nc3ccc(N)cc3[nH]2)CC(C)(C)O1. The number of aromatic amines is 1. The molecule has 114 valence electrons. The summed E-state index contributed by atoms with van der Waals surface area (Å²) >= 11 is 0.